The predicted octanol–water partition coefficient (Wildman–Crippen LogP) is 0.462. The molecule has 5 nitrogen and oxygen atoms in total. The summed E-state index contributed by atoms with van der Waals surface area (Å²) in [6.45, 7) is 2.18. The number of rotatable bonds is 5. The highest BCUT2D eigenvalue weighted by atomic mass is 16.5. The molecule has 1 unspecified atom stereocenters. The van der Waals surface area contributed by atoms with Crippen LogP contribution < -0.4 is 0 Å². The van der Waals surface area contributed by atoms with Crippen molar-refractivity contribution in [1.29, 1.82) is 0 Å². The molecule has 1 aliphatic rings. The Bertz CT molecular complexity index is 271. The molecule has 0 aromatic heterocycles. The van der Waals surface area contributed by atoms with E-state index in [-0.39, 0.29) is 49.5 Å². The molecule has 0 saturated carbocycles. The Morgan fingerprint density at radius 1 is 1.47 bits per heavy atom. The highest BCUT2D eigenvalue weighted by molar-refractivity contribution is 5.89. The number of esters is 2. The molecule has 0 aromatic rings. The minimum atomic E-state index is -0.379. The lowest BCUT2D eigenvalue weighted by Gasteiger charge is -2.04. The summed E-state index contributed by atoms with van der Waals surface area (Å²) in [6, 6.07) is 0. The largest absolute Gasteiger partial charge is 0.466 e. The molecule has 0 amide bonds. The van der Waals surface area contributed by atoms with Crippen LogP contribution in [0.3, 0.4) is 0 Å². The summed E-state index contributed by atoms with van der Waals surface area (Å²) in [7, 11) is 0. The van der Waals surface area contributed by atoms with Crippen molar-refractivity contribution < 1.29 is 23.9 Å². The van der Waals surface area contributed by atoms with Gasteiger partial charge in [0.2, 0.25) is 0 Å². The zero-order valence-corrected chi connectivity index (χ0v) is 8.65. The Labute approximate surface area is 87.7 Å². The summed E-state index contributed by atoms with van der Waals surface area (Å²) in [6.07, 6.45) is 0.346. The second-order valence-electron chi connectivity index (χ2n) is 3.36. The topological polar surface area (TPSA) is 69.7 Å². The fourth-order valence-corrected chi connectivity index (χ4v) is 1.38. The van der Waals surface area contributed by atoms with Crippen LogP contribution in [0.4, 0.5) is 0 Å². The number of ether oxygens (including phenoxy) is 2. The van der Waals surface area contributed by atoms with E-state index >= 15 is 0 Å². The SMILES string of the molecule is CCOC(=O)CCC(=O)C1COC(=O)C1. The molecule has 0 bridgehead atoms. The van der Waals surface area contributed by atoms with E-state index in [0.29, 0.717) is 6.61 Å². The maximum absolute atomic E-state index is 11.5. The van der Waals surface area contributed by atoms with E-state index in [2.05, 4.69) is 9.47 Å². The lowest BCUT2D eigenvalue weighted by atomic mass is 10.00. The number of hydrogen-bond acceptors (Lipinski definition) is 5. The van der Waals surface area contributed by atoms with Crippen LogP contribution in [0.2, 0.25) is 0 Å². The molecule has 5 heteroatoms. The Morgan fingerprint density at radius 2 is 2.20 bits per heavy atom. The second-order valence-corrected chi connectivity index (χ2v) is 3.36. The van der Waals surface area contributed by atoms with Crippen LogP contribution >= 0.6 is 0 Å². The summed E-state index contributed by atoms with van der Waals surface area (Å²) >= 11 is 0. The van der Waals surface area contributed by atoms with Crippen molar-refractivity contribution in [2.75, 3.05) is 13.2 Å². The molecule has 1 rings (SSSR count). The van der Waals surface area contributed by atoms with Crippen LogP contribution in [0.25, 0.3) is 0 Å². The van der Waals surface area contributed by atoms with Crippen molar-refractivity contribution >= 4 is 17.7 Å². The van der Waals surface area contributed by atoms with Crippen LogP contribution in [0.5, 0.6) is 0 Å². The van der Waals surface area contributed by atoms with Gasteiger partial charge in [-0.2, -0.15) is 0 Å². The molecule has 84 valence electrons. The van der Waals surface area contributed by atoms with Crippen LogP contribution in [0, 0.1) is 5.92 Å². The maximum atomic E-state index is 11.5. The van der Waals surface area contributed by atoms with Gasteiger partial charge in [0.15, 0.2) is 0 Å². The molecular weight excluding hydrogens is 200 g/mol. The summed E-state index contributed by atoms with van der Waals surface area (Å²) < 4.78 is 9.35. The van der Waals surface area contributed by atoms with Gasteiger partial charge in [0, 0.05) is 6.42 Å². The average Bonchev–Trinajstić information content (AvgIpc) is 2.62. The quantitative estimate of drug-likeness (QED) is 0.622. The number of hydrogen-bond donors (Lipinski definition) is 0. The van der Waals surface area contributed by atoms with E-state index < -0.39 is 0 Å². The fourth-order valence-electron chi connectivity index (χ4n) is 1.38. The van der Waals surface area contributed by atoms with Crippen molar-refractivity contribution in [2.24, 2.45) is 5.92 Å². The van der Waals surface area contributed by atoms with Gasteiger partial charge in [-0.05, 0) is 6.92 Å². The predicted molar refractivity (Wildman–Crippen MR) is 49.9 cm³/mol. The van der Waals surface area contributed by atoms with Gasteiger partial charge in [0.25, 0.3) is 0 Å². The molecule has 15 heavy (non-hydrogen) atoms. The fraction of sp³-hybridized carbons (Fsp3) is 0.700. The summed E-state index contributed by atoms with van der Waals surface area (Å²) in [5.74, 6) is -1.19. The number of cyclic esters (lactones) is 1. The highest BCUT2D eigenvalue weighted by Crippen LogP contribution is 2.17. The normalized spacial score (nSPS) is 19.8. The van der Waals surface area contributed by atoms with Crippen LogP contribution in [0.1, 0.15) is 26.2 Å². The zero-order chi connectivity index (χ0) is 11.3. The molecular formula is C10H14O5. The Kier molecular flexibility index (Phi) is 4.27. The molecule has 1 saturated heterocycles. The minimum Gasteiger partial charge on any atom is -0.466 e. The average molecular weight is 214 g/mol. The zero-order valence-electron chi connectivity index (χ0n) is 8.65. The Balaban J connectivity index is 2.24. The van der Waals surface area contributed by atoms with Crippen molar-refractivity contribution in [3.63, 3.8) is 0 Å². The first-order chi connectivity index (χ1) is 7.13. The molecule has 1 heterocycles. The van der Waals surface area contributed by atoms with E-state index in [4.69, 9.17) is 0 Å². The van der Waals surface area contributed by atoms with E-state index in [9.17, 15) is 14.4 Å². The van der Waals surface area contributed by atoms with Gasteiger partial charge >= 0.3 is 11.9 Å². The first-order valence-corrected chi connectivity index (χ1v) is 4.97. The monoisotopic (exact) mass is 214 g/mol. The van der Waals surface area contributed by atoms with E-state index in [0.717, 1.165) is 0 Å². The molecule has 0 aromatic carbocycles. The van der Waals surface area contributed by atoms with Gasteiger partial charge in [-0.1, -0.05) is 0 Å². The lowest BCUT2D eigenvalue weighted by Crippen LogP contribution is -2.16. The number of ketones is 1. The Morgan fingerprint density at radius 3 is 2.73 bits per heavy atom. The molecule has 0 aliphatic carbocycles. The molecule has 0 radical (unpaired) electrons. The first-order valence-electron chi connectivity index (χ1n) is 4.97. The van der Waals surface area contributed by atoms with Gasteiger partial charge in [-0.3, -0.25) is 14.4 Å². The lowest BCUT2D eigenvalue weighted by molar-refractivity contribution is -0.144. The first kappa shape index (κ1) is 11.7. The van der Waals surface area contributed by atoms with Gasteiger partial charge in [0.05, 0.1) is 25.4 Å². The van der Waals surface area contributed by atoms with Gasteiger partial charge in [-0.15, -0.1) is 0 Å². The summed E-state index contributed by atoms with van der Waals surface area (Å²) in [4.78, 5) is 33.1. The number of Topliss-reactive ketones (excluding diaryl/α,β-unsaturated/α-hetero) is 1. The molecule has 1 fully saturated rings. The Hall–Kier alpha value is -1.39. The third kappa shape index (κ3) is 3.69. The summed E-state index contributed by atoms with van der Waals surface area (Å²) in [5, 5.41) is 0. The summed E-state index contributed by atoms with van der Waals surface area (Å²) in [5.41, 5.74) is 0. The van der Waals surface area contributed by atoms with Crippen LogP contribution in [-0.2, 0) is 23.9 Å². The van der Waals surface area contributed by atoms with Crippen molar-refractivity contribution in [3.8, 4) is 0 Å². The van der Waals surface area contributed by atoms with Crippen LogP contribution in [0.15, 0.2) is 0 Å². The highest BCUT2D eigenvalue weighted by Gasteiger charge is 2.29. The third-order valence-electron chi connectivity index (χ3n) is 2.19. The van der Waals surface area contributed by atoms with Gasteiger partial charge in [-0.25, -0.2) is 0 Å². The van der Waals surface area contributed by atoms with Gasteiger partial charge < -0.3 is 9.47 Å². The minimum absolute atomic E-state index is 0.0807. The second kappa shape index (κ2) is 5.48. The van der Waals surface area contributed by atoms with Crippen LogP contribution in [-0.4, -0.2) is 30.9 Å². The number of carbonyl (C=O) groups is 3. The smallest absolute Gasteiger partial charge is 0.306 e. The van der Waals surface area contributed by atoms with Crippen molar-refractivity contribution in [3.05, 3.63) is 0 Å². The molecule has 1 atom stereocenters. The molecule has 1 aliphatic heterocycles. The molecule has 0 N–H and O–H groups in total. The van der Waals surface area contributed by atoms with E-state index in [1.807, 2.05) is 0 Å². The van der Waals surface area contributed by atoms with Crippen molar-refractivity contribution in [1.82, 2.24) is 0 Å². The van der Waals surface area contributed by atoms with Gasteiger partial charge in [0.1, 0.15) is 12.4 Å². The molecule has 0 spiro atoms. The van der Waals surface area contributed by atoms with E-state index in [1.54, 1.807) is 6.92 Å². The standard InChI is InChI=1S/C10H14O5/c1-2-14-9(12)4-3-8(11)7-5-10(13)15-6-7/h7H,2-6H2,1H3. The van der Waals surface area contributed by atoms with Crippen molar-refractivity contribution in [2.45, 2.75) is 26.2 Å². The van der Waals surface area contributed by atoms with E-state index in [1.165, 1.54) is 0 Å². The maximum Gasteiger partial charge on any atom is 0.306 e. The third-order valence-corrected chi connectivity index (χ3v) is 2.19. The number of carbonyl (C=O) groups excluding carboxylic acids is 3.